The number of allylic oxidation sites excluding steroid dienone is 1. The molecule has 0 aromatic heterocycles. The summed E-state index contributed by atoms with van der Waals surface area (Å²) in [6, 6.07) is 33.1. The summed E-state index contributed by atoms with van der Waals surface area (Å²) in [5, 5.41) is 34.8. The fraction of sp³-hybridized carbons (Fsp3) is 0.483. The van der Waals surface area contributed by atoms with Crippen molar-refractivity contribution in [3.63, 3.8) is 0 Å². The molecule has 14 heteroatoms. The van der Waals surface area contributed by atoms with Crippen LogP contribution < -0.4 is 9.47 Å². The van der Waals surface area contributed by atoms with Crippen molar-refractivity contribution in [2.24, 2.45) is 22.9 Å². The van der Waals surface area contributed by atoms with Crippen LogP contribution in [-0.4, -0.2) is 116 Å². The van der Waals surface area contributed by atoms with Gasteiger partial charge in [0.2, 0.25) is 12.1 Å². The van der Waals surface area contributed by atoms with E-state index >= 15 is 0 Å². The highest BCUT2D eigenvalue weighted by Crippen LogP contribution is 2.62. The lowest BCUT2D eigenvalue weighted by atomic mass is 9.55. The summed E-state index contributed by atoms with van der Waals surface area (Å²) >= 11 is 0. The van der Waals surface area contributed by atoms with E-state index in [0.29, 0.717) is 55.4 Å². The van der Waals surface area contributed by atoms with E-state index in [1.54, 1.807) is 11.0 Å². The number of benzene rings is 4. The maximum absolute atomic E-state index is 14.8. The Hall–Kier alpha value is -5.58. The normalized spacial score (nSPS) is 23.8. The minimum absolute atomic E-state index is 0.00333. The molecule has 2 aliphatic heterocycles. The van der Waals surface area contributed by atoms with E-state index in [1.165, 1.54) is 0 Å². The smallest absolute Gasteiger partial charge is 0.410 e. The number of oxime groups is 1. The molecule has 8 rings (SSSR count). The van der Waals surface area contributed by atoms with E-state index in [1.807, 2.05) is 72.8 Å². The number of ether oxygens (including phenoxy) is 7. The summed E-state index contributed by atoms with van der Waals surface area (Å²) in [5.41, 5.74) is 5.66. The van der Waals surface area contributed by atoms with Crippen molar-refractivity contribution in [1.82, 2.24) is 4.90 Å². The predicted molar refractivity (Wildman–Crippen MR) is 274 cm³/mol. The maximum atomic E-state index is 14.8. The molecule has 1 saturated heterocycles. The third-order valence-electron chi connectivity index (χ3n) is 14.1. The van der Waals surface area contributed by atoms with E-state index < -0.39 is 30.1 Å². The van der Waals surface area contributed by atoms with Crippen LogP contribution in [0.25, 0.3) is 11.1 Å². The van der Waals surface area contributed by atoms with Gasteiger partial charge in [0.25, 0.3) is 0 Å². The van der Waals surface area contributed by atoms with Gasteiger partial charge >= 0.3 is 6.09 Å². The zero-order valence-electron chi connectivity index (χ0n) is 41.4. The van der Waals surface area contributed by atoms with Crippen molar-refractivity contribution >= 4 is 11.8 Å². The number of unbranched alkanes of at least 4 members (excludes halogenated alkanes) is 2. The second-order valence-corrected chi connectivity index (χ2v) is 18.8. The SMILES string of the molecule is C=CCOC12Oc3ccc(Oc4ccc(-c5ccccc5)cc4)cc3C3C(CCCCO)C(CCCCO)C=C(C(=NOC4CCCCO4)CC1N(CCOCCO)C(=O)OCCOCc1ccccc1)C32. The van der Waals surface area contributed by atoms with Crippen LogP contribution in [0.1, 0.15) is 81.3 Å². The van der Waals surface area contributed by atoms with Crippen molar-refractivity contribution in [2.45, 2.75) is 94.9 Å². The molecule has 4 aromatic carbocycles. The molecule has 4 aromatic rings. The second kappa shape index (κ2) is 26.9. The van der Waals surface area contributed by atoms with Gasteiger partial charge in [-0.25, -0.2) is 4.79 Å². The van der Waals surface area contributed by atoms with Gasteiger partial charge < -0.3 is 53.3 Å². The van der Waals surface area contributed by atoms with Crippen LogP contribution >= 0.6 is 0 Å². The van der Waals surface area contributed by atoms with E-state index in [4.69, 9.17) is 43.2 Å². The fourth-order valence-corrected chi connectivity index (χ4v) is 10.8. The van der Waals surface area contributed by atoms with Gasteiger partial charge in [0, 0.05) is 44.1 Å². The van der Waals surface area contributed by atoms with Gasteiger partial charge in [0.15, 0.2) is 0 Å². The number of hydrogen-bond acceptors (Lipinski definition) is 13. The number of carbonyl (C=O) groups excluding carboxylic acids is 1. The highest BCUT2D eigenvalue weighted by atomic mass is 16.8. The zero-order valence-corrected chi connectivity index (χ0v) is 41.4. The van der Waals surface area contributed by atoms with Gasteiger partial charge in [0.1, 0.15) is 29.9 Å². The Labute approximate surface area is 424 Å². The lowest BCUT2D eigenvalue weighted by Gasteiger charge is -2.59. The van der Waals surface area contributed by atoms with Gasteiger partial charge in [0.05, 0.1) is 57.9 Å². The van der Waals surface area contributed by atoms with Crippen molar-refractivity contribution < 1.29 is 58.1 Å². The predicted octanol–water partition coefficient (Wildman–Crippen LogP) is 9.97. The summed E-state index contributed by atoms with van der Waals surface area (Å²) in [6.07, 6.45) is 10.0. The van der Waals surface area contributed by atoms with Gasteiger partial charge in [-0.2, -0.15) is 0 Å². The molecule has 7 unspecified atom stereocenters. The Bertz CT molecular complexity index is 2360. The molecule has 4 aliphatic rings. The Morgan fingerprint density at radius 2 is 1.56 bits per heavy atom. The minimum Gasteiger partial charge on any atom is -0.459 e. The van der Waals surface area contributed by atoms with Crippen molar-refractivity contribution in [3.05, 3.63) is 139 Å². The summed E-state index contributed by atoms with van der Waals surface area (Å²) < 4.78 is 45.1. The number of hydrogen-bond donors (Lipinski definition) is 3. The number of fused-ring (bicyclic) bond motifs is 2. The molecule has 1 amide bonds. The van der Waals surface area contributed by atoms with Gasteiger partial charge in [-0.1, -0.05) is 103 Å². The maximum Gasteiger partial charge on any atom is 0.410 e. The Morgan fingerprint density at radius 1 is 0.806 bits per heavy atom. The largest absolute Gasteiger partial charge is 0.459 e. The quantitative estimate of drug-likeness (QED) is 0.0294. The molecule has 0 radical (unpaired) electrons. The third kappa shape index (κ3) is 13.1. The molecule has 386 valence electrons. The number of amides is 1. The highest BCUT2D eigenvalue weighted by Gasteiger charge is 2.65. The molecule has 14 nitrogen and oxygen atoms in total. The molecule has 0 bridgehead atoms. The average Bonchev–Trinajstić information content (AvgIpc) is 3.42. The third-order valence-corrected chi connectivity index (χ3v) is 14.1. The van der Waals surface area contributed by atoms with Crippen molar-refractivity contribution in [2.75, 3.05) is 66.0 Å². The van der Waals surface area contributed by atoms with Crippen LogP contribution in [0.4, 0.5) is 4.79 Å². The molecule has 3 N–H and O–H groups in total. The van der Waals surface area contributed by atoms with Crippen LogP contribution in [0.3, 0.4) is 0 Å². The number of aliphatic hydroxyl groups excluding tert-OH is 3. The van der Waals surface area contributed by atoms with Gasteiger partial charge in [-0.15, -0.1) is 6.58 Å². The van der Waals surface area contributed by atoms with E-state index in [2.05, 4.69) is 43.0 Å². The molecular weight excluding hydrogens is 917 g/mol. The second-order valence-electron chi connectivity index (χ2n) is 18.8. The van der Waals surface area contributed by atoms with Crippen LogP contribution in [0.5, 0.6) is 17.2 Å². The molecule has 1 saturated carbocycles. The summed E-state index contributed by atoms with van der Waals surface area (Å²) in [4.78, 5) is 22.8. The minimum atomic E-state index is -1.53. The van der Waals surface area contributed by atoms with Crippen molar-refractivity contribution in [3.8, 4) is 28.4 Å². The monoisotopic (exact) mass is 989 g/mol. The van der Waals surface area contributed by atoms with Gasteiger partial charge in [-0.05, 0) is 103 Å². The van der Waals surface area contributed by atoms with Crippen LogP contribution in [0.15, 0.2) is 133 Å². The molecule has 2 aliphatic carbocycles. The molecule has 7 atom stereocenters. The summed E-state index contributed by atoms with van der Waals surface area (Å²) in [7, 11) is 0. The molecule has 2 fully saturated rings. The topological polar surface area (TPSA) is 167 Å². The standard InChI is InChI=1S/C58H72N2O12/c1-2-32-69-58-53(60(28-34-65-35-31-63)57(64)68-37-36-66-41-42-15-5-3-6-16-42)40-51(59-72-54-21-11-14-33-67-54)49-38-45(19-9-12-29-61)48(20-10-13-30-62)55(56(49)58)50-39-47(26-27-52(50)71-58)70-46-24-22-44(23-25-46)43-17-7-4-8-18-43/h2-8,15-18,22-27,38-39,45,48,53-56,61-63H,1,9-14,19-21,28-37,40-41H2. The first-order valence-corrected chi connectivity index (χ1v) is 25.9. The van der Waals surface area contributed by atoms with E-state index in [-0.39, 0.29) is 83.6 Å². The van der Waals surface area contributed by atoms with Crippen LogP contribution in [0, 0.1) is 17.8 Å². The molecule has 2 heterocycles. The molecular formula is C58H72N2O12. The Kier molecular flexibility index (Phi) is 19.7. The van der Waals surface area contributed by atoms with E-state index in [9.17, 15) is 20.1 Å². The lowest BCUT2D eigenvalue weighted by Crippen LogP contribution is -2.70. The average molecular weight is 989 g/mol. The van der Waals surface area contributed by atoms with Gasteiger partial charge in [-0.3, -0.25) is 4.90 Å². The zero-order chi connectivity index (χ0) is 50.0. The lowest BCUT2D eigenvalue weighted by molar-refractivity contribution is -0.256. The first-order valence-electron chi connectivity index (χ1n) is 25.9. The highest BCUT2D eigenvalue weighted by molar-refractivity contribution is 6.03. The summed E-state index contributed by atoms with van der Waals surface area (Å²) in [5.74, 6) is -0.449. The van der Waals surface area contributed by atoms with E-state index in [0.717, 1.165) is 66.4 Å². The molecule has 72 heavy (non-hydrogen) atoms. The van der Waals surface area contributed by atoms with Crippen LogP contribution in [0.2, 0.25) is 0 Å². The van der Waals surface area contributed by atoms with Crippen LogP contribution in [-0.2, 0) is 35.1 Å². The Morgan fingerprint density at radius 3 is 2.29 bits per heavy atom. The number of rotatable bonds is 27. The number of nitrogens with zero attached hydrogens (tertiary/aromatic N) is 2. The number of carbonyl (C=O) groups is 1. The fourth-order valence-electron chi connectivity index (χ4n) is 10.8. The summed E-state index contributed by atoms with van der Waals surface area (Å²) in [6.45, 7) is 5.44. The first-order chi connectivity index (χ1) is 35.5. The Balaban J connectivity index is 1.23. The molecule has 0 spiro atoms. The van der Waals surface area contributed by atoms with Crippen molar-refractivity contribution in [1.29, 1.82) is 0 Å². The first kappa shape index (κ1) is 52.7. The number of aliphatic hydroxyl groups is 3.